The highest BCUT2D eigenvalue weighted by Crippen LogP contribution is 2.30. The Kier molecular flexibility index (Phi) is 4.35. The van der Waals surface area contributed by atoms with Crippen molar-refractivity contribution < 1.29 is 19.4 Å². The molecule has 104 valence electrons. The molecule has 0 aliphatic rings. The van der Waals surface area contributed by atoms with E-state index in [1.165, 1.54) is 7.11 Å². The van der Waals surface area contributed by atoms with Gasteiger partial charge in [0.25, 0.3) is 0 Å². The molecule has 1 N–H and O–H groups in total. The second-order valence-electron chi connectivity index (χ2n) is 5.41. The van der Waals surface area contributed by atoms with Crippen molar-refractivity contribution in [1.82, 2.24) is 0 Å². The fourth-order valence-corrected chi connectivity index (χ4v) is 2.05. The lowest BCUT2D eigenvalue weighted by molar-refractivity contribution is -0.138. The van der Waals surface area contributed by atoms with Crippen LogP contribution in [0.1, 0.15) is 47.3 Å². The smallest absolute Gasteiger partial charge is 0.338 e. The first-order valence-electron chi connectivity index (χ1n) is 6.11. The van der Waals surface area contributed by atoms with Gasteiger partial charge in [-0.25, -0.2) is 4.79 Å². The maximum atomic E-state index is 11.7. The van der Waals surface area contributed by atoms with Crippen molar-refractivity contribution in [2.45, 2.75) is 39.5 Å². The van der Waals surface area contributed by atoms with E-state index < -0.39 is 17.4 Å². The first kappa shape index (κ1) is 15.2. The van der Waals surface area contributed by atoms with Crippen LogP contribution in [0, 0.1) is 13.8 Å². The molecule has 1 aromatic rings. The molecule has 0 radical (unpaired) electrons. The number of carbonyl (C=O) groups is 2. The molecule has 0 saturated carbocycles. The summed E-state index contributed by atoms with van der Waals surface area (Å²) in [6, 6.07) is 3.67. The number of ether oxygens (including phenoxy) is 1. The number of esters is 1. The summed E-state index contributed by atoms with van der Waals surface area (Å²) in [6.07, 6.45) is 0.0100. The van der Waals surface area contributed by atoms with Crippen LogP contribution in [-0.2, 0) is 14.9 Å². The van der Waals surface area contributed by atoms with Crippen molar-refractivity contribution >= 4 is 11.9 Å². The van der Waals surface area contributed by atoms with Gasteiger partial charge in [-0.05, 0) is 36.6 Å². The van der Waals surface area contributed by atoms with Crippen LogP contribution in [0.3, 0.4) is 0 Å². The monoisotopic (exact) mass is 264 g/mol. The standard InChI is InChI=1S/C15H20O4/c1-9-6-11(15(3,4)8-13(16)17)7-12(10(9)2)14(18)19-5/h6-7H,8H2,1-5H3,(H,16,17). The Morgan fingerprint density at radius 2 is 1.84 bits per heavy atom. The highest BCUT2D eigenvalue weighted by atomic mass is 16.5. The average Bonchev–Trinajstić information content (AvgIpc) is 2.29. The third-order valence-electron chi connectivity index (χ3n) is 3.45. The van der Waals surface area contributed by atoms with E-state index in [1.54, 1.807) is 6.07 Å². The zero-order valence-electron chi connectivity index (χ0n) is 12.0. The number of aryl methyl sites for hydroxylation is 1. The molecule has 4 heteroatoms. The number of carboxylic acid groups (broad SMARTS) is 1. The molecule has 0 aromatic heterocycles. The maximum absolute atomic E-state index is 11.7. The first-order chi connectivity index (χ1) is 8.69. The highest BCUT2D eigenvalue weighted by molar-refractivity contribution is 5.91. The van der Waals surface area contributed by atoms with Crippen LogP contribution < -0.4 is 0 Å². The second kappa shape index (κ2) is 5.43. The molecule has 0 aliphatic heterocycles. The molecule has 4 nitrogen and oxygen atoms in total. The van der Waals surface area contributed by atoms with E-state index >= 15 is 0 Å². The first-order valence-corrected chi connectivity index (χ1v) is 6.11. The number of hydrogen-bond donors (Lipinski definition) is 1. The molecule has 0 atom stereocenters. The summed E-state index contributed by atoms with van der Waals surface area (Å²) in [5.41, 5.74) is 2.61. The molecular weight excluding hydrogens is 244 g/mol. The van der Waals surface area contributed by atoms with Crippen molar-refractivity contribution in [2.75, 3.05) is 7.11 Å². The molecular formula is C15H20O4. The van der Waals surface area contributed by atoms with Crippen molar-refractivity contribution in [1.29, 1.82) is 0 Å². The molecule has 0 spiro atoms. The van der Waals surface area contributed by atoms with Crippen LogP contribution in [0.15, 0.2) is 12.1 Å². The van der Waals surface area contributed by atoms with Crippen molar-refractivity contribution in [3.05, 3.63) is 34.4 Å². The Balaban J connectivity index is 3.34. The van der Waals surface area contributed by atoms with Crippen LogP contribution in [0.2, 0.25) is 0 Å². The SMILES string of the molecule is COC(=O)c1cc(C(C)(C)CC(=O)O)cc(C)c1C. The maximum Gasteiger partial charge on any atom is 0.338 e. The van der Waals surface area contributed by atoms with Crippen LogP contribution in [0.25, 0.3) is 0 Å². The third kappa shape index (κ3) is 3.34. The average molecular weight is 264 g/mol. The molecule has 1 aromatic carbocycles. The minimum atomic E-state index is -0.858. The fourth-order valence-electron chi connectivity index (χ4n) is 2.05. The summed E-state index contributed by atoms with van der Waals surface area (Å²) in [6.45, 7) is 7.47. The molecule has 0 heterocycles. The second-order valence-corrected chi connectivity index (χ2v) is 5.41. The summed E-state index contributed by atoms with van der Waals surface area (Å²) in [5.74, 6) is -1.25. The summed E-state index contributed by atoms with van der Waals surface area (Å²) in [7, 11) is 1.34. The van der Waals surface area contributed by atoms with E-state index in [-0.39, 0.29) is 6.42 Å². The Bertz CT molecular complexity index is 515. The zero-order valence-corrected chi connectivity index (χ0v) is 12.0. The summed E-state index contributed by atoms with van der Waals surface area (Å²) < 4.78 is 4.77. The summed E-state index contributed by atoms with van der Waals surface area (Å²) in [4.78, 5) is 22.7. The molecule has 0 aliphatic carbocycles. The minimum absolute atomic E-state index is 0.0100. The van der Waals surface area contributed by atoms with Gasteiger partial charge in [-0.2, -0.15) is 0 Å². The van der Waals surface area contributed by atoms with E-state index in [0.717, 1.165) is 16.7 Å². The lowest BCUT2D eigenvalue weighted by Crippen LogP contribution is -2.23. The van der Waals surface area contributed by atoms with Gasteiger partial charge in [0.15, 0.2) is 0 Å². The molecule has 0 fully saturated rings. The van der Waals surface area contributed by atoms with Gasteiger partial charge in [-0.15, -0.1) is 0 Å². The van der Waals surface area contributed by atoms with Crippen LogP contribution >= 0.6 is 0 Å². The number of hydrogen-bond acceptors (Lipinski definition) is 3. The highest BCUT2D eigenvalue weighted by Gasteiger charge is 2.26. The Hall–Kier alpha value is -1.84. The van der Waals surface area contributed by atoms with Gasteiger partial charge in [-0.3, -0.25) is 4.79 Å². The van der Waals surface area contributed by atoms with Gasteiger partial charge >= 0.3 is 11.9 Å². The third-order valence-corrected chi connectivity index (χ3v) is 3.45. The normalized spacial score (nSPS) is 11.2. The van der Waals surface area contributed by atoms with Crippen LogP contribution in [0.4, 0.5) is 0 Å². The minimum Gasteiger partial charge on any atom is -0.481 e. The topological polar surface area (TPSA) is 63.6 Å². The van der Waals surface area contributed by atoms with E-state index in [0.29, 0.717) is 5.56 Å². The van der Waals surface area contributed by atoms with E-state index in [9.17, 15) is 9.59 Å². The van der Waals surface area contributed by atoms with Gasteiger partial charge in [0.1, 0.15) is 0 Å². The quantitative estimate of drug-likeness (QED) is 0.849. The number of aliphatic carboxylic acids is 1. The lowest BCUT2D eigenvalue weighted by atomic mass is 9.79. The van der Waals surface area contributed by atoms with Crippen LogP contribution in [-0.4, -0.2) is 24.2 Å². The predicted molar refractivity (Wildman–Crippen MR) is 72.5 cm³/mol. The fraction of sp³-hybridized carbons (Fsp3) is 0.467. The number of benzene rings is 1. The van der Waals surface area contributed by atoms with Crippen molar-refractivity contribution in [2.24, 2.45) is 0 Å². The number of methoxy groups -OCH3 is 1. The summed E-state index contributed by atoms with van der Waals surface area (Å²) in [5, 5.41) is 8.97. The van der Waals surface area contributed by atoms with Gasteiger partial charge in [0.05, 0.1) is 19.1 Å². The summed E-state index contributed by atoms with van der Waals surface area (Å²) >= 11 is 0. The molecule has 0 bridgehead atoms. The Morgan fingerprint density at radius 3 is 2.32 bits per heavy atom. The Labute approximate surface area is 113 Å². The van der Waals surface area contributed by atoms with Crippen LogP contribution in [0.5, 0.6) is 0 Å². The van der Waals surface area contributed by atoms with Gasteiger partial charge in [-0.1, -0.05) is 19.9 Å². The molecule has 19 heavy (non-hydrogen) atoms. The van der Waals surface area contributed by atoms with Gasteiger partial charge < -0.3 is 9.84 Å². The number of rotatable bonds is 4. The number of carboxylic acids is 1. The van der Waals surface area contributed by atoms with E-state index in [1.807, 2.05) is 33.8 Å². The molecule has 1 rings (SSSR count). The van der Waals surface area contributed by atoms with E-state index in [4.69, 9.17) is 9.84 Å². The lowest BCUT2D eigenvalue weighted by Gasteiger charge is -2.25. The molecule has 0 saturated heterocycles. The Morgan fingerprint density at radius 1 is 1.26 bits per heavy atom. The van der Waals surface area contributed by atoms with Crippen molar-refractivity contribution in [3.63, 3.8) is 0 Å². The van der Waals surface area contributed by atoms with Crippen molar-refractivity contribution in [3.8, 4) is 0 Å². The van der Waals surface area contributed by atoms with E-state index in [2.05, 4.69) is 0 Å². The van der Waals surface area contributed by atoms with Gasteiger partial charge in [0.2, 0.25) is 0 Å². The molecule has 0 amide bonds. The zero-order chi connectivity index (χ0) is 14.8. The predicted octanol–water partition coefficient (Wildman–Crippen LogP) is 2.84. The molecule has 0 unspecified atom stereocenters. The largest absolute Gasteiger partial charge is 0.481 e. The number of carbonyl (C=O) groups excluding carboxylic acids is 1. The van der Waals surface area contributed by atoms with Gasteiger partial charge in [0, 0.05) is 5.41 Å².